The molecule has 0 bridgehead atoms. The largest absolute Gasteiger partial charge is 0.296 e. The molecule has 1 saturated carbocycles. The molecule has 2 aliphatic heterocycles. The van der Waals surface area contributed by atoms with Crippen LogP contribution in [-0.2, 0) is 19.2 Å². The first-order valence-electron chi connectivity index (χ1n) is 8.13. The van der Waals surface area contributed by atoms with Crippen LogP contribution in [0.4, 0.5) is 0 Å². The number of nitrogens with one attached hydrogen (secondary N) is 1. The quantitative estimate of drug-likeness (QED) is 0.728. The van der Waals surface area contributed by atoms with E-state index in [1.54, 1.807) is 0 Å². The molecule has 0 aromatic carbocycles. The maximum Gasteiger partial charge on any atom is 0.233 e. The second-order valence-electron chi connectivity index (χ2n) is 6.93. The van der Waals surface area contributed by atoms with E-state index in [1.165, 1.54) is 4.90 Å². The normalized spacial score (nSPS) is 35.9. The molecule has 3 aliphatic rings. The maximum atomic E-state index is 12.5. The van der Waals surface area contributed by atoms with Gasteiger partial charge < -0.3 is 0 Å². The Morgan fingerprint density at radius 1 is 0.818 bits per heavy atom. The Balaban J connectivity index is 1.83. The lowest BCUT2D eigenvalue weighted by Gasteiger charge is -2.20. The van der Waals surface area contributed by atoms with Crippen molar-refractivity contribution in [1.82, 2.24) is 10.2 Å². The third-order valence-corrected chi connectivity index (χ3v) is 5.34. The first kappa shape index (κ1) is 15.2. The first-order valence-corrected chi connectivity index (χ1v) is 8.13. The molecule has 1 aliphatic carbocycles. The van der Waals surface area contributed by atoms with E-state index in [0.29, 0.717) is 32.1 Å². The van der Waals surface area contributed by atoms with Gasteiger partial charge >= 0.3 is 0 Å². The van der Waals surface area contributed by atoms with Crippen LogP contribution >= 0.6 is 0 Å². The van der Waals surface area contributed by atoms with E-state index < -0.39 is 0 Å². The Bertz CT molecular complexity index is 542. The lowest BCUT2D eigenvalue weighted by Crippen LogP contribution is -2.37. The lowest BCUT2D eigenvalue weighted by molar-refractivity contribution is -0.142. The highest BCUT2D eigenvalue weighted by atomic mass is 16.2. The molecule has 4 atom stereocenters. The monoisotopic (exact) mass is 306 g/mol. The van der Waals surface area contributed by atoms with E-state index in [4.69, 9.17) is 0 Å². The van der Waals surface area contributed by atoms with Gasteiger partial charge in [-0.15, -0.1) is 0 Å². The summed E-state index contributed by atoms with van der Waals surface area (Å²) < 4.78 is 0. The molecule has 0 spiro atoms. The second-order valence-corrected chi connectivity index (χ2v) is 6.93. The summed E-state index contributed by atoms with van der Waals surface area (Å²) >= 11 is 0. The van der Waals surface area contributed by atoms with E-state index in [-0.39, 0.29) is 53.3 Å². The van der Waals surface area contributed by atoms with Gasteiger partial charge in [-0.3, -0.25) is 29.4 Å². The summed E-state index contributed by atoms with van der Waals surface area (Å²) in [6.07, 6.45) is 2.97. The summed E-state index contributed by atoms with van der Waals surface area (Å²) in [4.78, 5) is 50.2. The summed E-state index contributed by atoms with van der Waals surface area (Å²) in [5.41, 5.74) is 0. The molecule has 0 radical (unpaired) electrons. The Labute approximate surface area is 129 Å². The highest BCUT2D eigenvalue weighted by molar-refractivity contribution is 6.06. The average molecular weight is 306 g/mol. The smallest absolute Gasteiger partial charge is 0.233 e. The summed E-state index contributed by atoms with van der Waals surface area (Å²) in [7, 11) is 0. The molecule has 6 nitrogen and oxygen atoms in total. The first-order chi connectivity index (χ1) is 10.4. The summed E-state index contributed by atoms with van der Waals surface area (Å²) in [6, 6.07) is -0.125. The number of carbonyl (C=O) groups is 4. The molecule has 120 valence electrons. The Kier molecular flexibility index (Phi) is 3.78. The van der Waals surface area contributed by atoms with Crippen molar-refractivity contribution in [3.05, 3.63) is 0 Å². The zero-order chi connectivity index (χ0) is 16.0. The average Bonchev–Trinajstić information content (AvgIpc) is 2.86. The Morgan fingerprint density at radius 3 is 1.86 bits per heavy atom. The summed E-state index contributed by atoms with van der Waals surface area (Å²) in [5.74, 6) is -1.79. The molecular weight excluding hydrogens is 284 g/mol. The molecule has 22 heavy (non-hydrogen) atoms. The highest BCUT2D eigenvalue weighted by Crippen LogP contribution is 2.40. The number of nitrogens with zero attached hydrogens (tertiary/aromatic N) is 1. The van der Waals surface area contributed by atoms with E-state index in [1.807, 2.05) is 13.8 Å². The molecule has 0 aromatic rings. The van der Waals surface area contributed by atoms with E-state index >= 15 is 0 Å². The van der Waals surface area contributed by atoms with Crippen molar-refractivity contribution in [3.63, 3.8) is 0 Å². The van der Waals surface area contributed by atoms with Gasteiger partial charge in [-0.1, -0.05) is 6.42 Å². The number of amides is 4. The second kappa shape index (κ2) is 5.48. The minimum Gasteiger partial charge on any atom is -0.296 e. The predicted octanol–water partition coefficient (Wildman–Crippen LogP) is 0.849. The van der Waals surface area contributed by atoms with Gasteiger partial charge in [0.2, 0.25) is 23.6 Å². The highest BCUT2D eigenvalue weighted by Gasteiger charge is 2.50. The van der Waals surface area contributed by atoms with Gasteiger partial charge in [-0.2, -0.15) is 0 Å². The van der Waals surface area contributed by atoms with E-state index in [0.717, 1.165) is 0 Å². The van der Waals surface area contributed by atoms with Gasteiger partial charge in [0.1, 0.15) is 0 Å². The van der Waals surface area contributed by atoms with Crippen LogP contribution in [0.1, 0.15) is 46.0 Å². The van der Waals surface area contributed by atoms with Gasteiger partial charge in [-0.05, 0) is 39.5 Å². The molecule has 1 N–H and O–H groups in total. The van der Waals surface area contributed by atoms with Crippen LogP contribution in [0.15, 0.2) is 0 Å². The van der Waals surface area contributed by atoms with Crippen molar-refractivity contribution < 1.29 is 19.2 Å². The molecule has 4 unspecified atom stereocenters. The van der Waals surface area contributed by atoms with Crippen LogP contribution in [0.25, 0.3) is 0 Å². The molecule has 6 heteroatoms. The third-order valence-electron chi connectivity index (χ3n) is 5.34. The fourth-order valence-electron chi connectivity index (χ4n) is 4.22. The molecule has 4 amide bonds. The Morgan fingerprint density at radius 2 is 1.27 bits per heavy atom. The molecule has 3 fully saturated rings. The van der Waals surface area contributed by atoms with E-state index in [9.17, 15) is 19.2 Å². The fraction of sp³-hybridized carbons (Fsp3) is 0.750. The maximum absolute atomic E-state index is 12.5. The standard InChI is InChI=1S/C16H22N2O4/c1-8(2)18-15(21)11-5-3-4-9-10(14(20)17-13(9)19)6-7-12(11)16(18)22/h8-12H,3-7H2,1-2H3,(H,17,19,20). The van der Waals surface area contributed by atoms with Crippen molar-refractivity contribution in [3.8, 4) is 0 Å². The van der Waals surface area contributed by atoms with Gasteiger partial charge in [0.25, 0.3) is 0 Å². The topological polar surface area (TPSA) is 83.6 Å². The van der Waals surface area contributed by atoms with Crippen molar-refractivity contribution >= 4 is 23.6 Å². The van der Waals surface area contributed by atoms with Crippen LogP contribution in [0, 0.1) is 23.7 Å². The van der Waals surface area contributed by atoms with Crippen molar-refractivity contribution in [2.24, 2.45) is 23.7 Å². The van der Waals surface area contributed by atoms with Crippen molar-refractivity contribution in [1.29, 1.82) is 0 Å². The zero-order valence-electron chi connectivity index (χ0n) is 13.0. The molecule has 2 heterocycles. The van der Waals surface area contributed by atoms with Crippen LogP contribution in [0.2, 0.25) is 0 Å². The number of hydrogen-bond acceptors (Lipinski definition) is 4. The van der Waals surface area contributed by atoms with Crippen molar-refractivity contribution in [2.75, 3.05) is 0 Å². The molecule has 0 aromatic heterocycles. The van der Waals surface area contributed by atoms with Gasteiger partial charge in [0, 0.05) is 17.9 Å². The van der Waals surface area contributed by atoms with Crippen LogP contribution in [-0.4, -0.2) is 34.6 Å². The van der Waals surface area contributed by atoms with Gasteiger partial charge in [0.05, 0.1) is 11.8 Å². The van der Waals surface area contributed by atoms with Gasteiger partial charge in [0.15, 0.2) is 0 Å². The predicted molar refractivity (Wildman–Crippen MR) is 77.2 cm³/mol. The number of carbonyl (C=O) groups excluding carboxylic acids is 4. The lowest BCUT2D eigenvalue weighted by atomic mass is 9.85. The number of rotatable bonds is 1. The summed E-state index contributed by atoms with van der Waals surface area (Å²) in [5, 5.41) is 2.40. The summed E-state index contributed by atoms with van der Waals surface area (Å²) in [6.45, 7) is 3.69. The molecule has 3 rings (SSSR count). The number of fused-ring (bicyclic) bond motifs is 2. The molecular formula is C16H22N2O4. The van der Waals surface area contributed by atoms with Crippen LogP contribution in [0.3, 0.4) is 0 Å². The molecule has 2 saturated heterocycles. The zero-order valence-corrected chi connectivity index (χ0v) is 13.0. The minimum absolute atomic E-state index is 0.0761. The Hall–Kier alpha value is -1.72. The van der Waals surface area contributed by atoms with Crippen LogP contribution < -0.4 is 5.32 Å². The van der Waals surface area contributed by atoms with Crippen molar-refractivity contribution in [2.45, 2.75) is 52.0 Å². The SMILES string of the molecule is CC(C)N1C(=O)C2CCCC3C(=O)NC(=O)C3CCC2C1=O. The minimum atomic E-state index is -0.331. The number of imide groups is 2. The number of likely N-dealkylation sites (tertiary alicyclic amines) is 1. The van der Waals surface area contributed by atoms with Gasteiger partial charge in [-0.25, -0.2) is 0 Å². The number of hydrogen-bond donors (Lipinski definition) is 1. The third kappa shape index (κ3) is 2.25. The van der Waals surface area contributed by atoms with E-state index in [2.05, 4.69) is 5.32 Å². The fourth-order valence-corrected chi connectivity index (χ4v) is 4.22. The van der Waals surface area contributed by atoms with Crippen LogP contribution in [0.5, 0.6) is 0 Å².